The first-order chi connectivity index (χ1) is 20.7. The van der Waals surface area contributed by atoms with Crippen molar-refractivity contribution in [3.63, 3.8) is 0 Å². The number of hydrogen-bond acceptors (Lipinski definition) is 9. The number of carbonyl (C=O) groups is 4. The summed E-state index contributed by atoms with van der Waals surface area (Å²) >= 11 is 1.32. The van der Waals surface area contributed by atoms with Gasteiger partial charge in [-0.25, -0.2) is 0 Å². The number of nitrogens with two attached hydrogens (primary N) is 1. The number of morpholine rings is 1. The number of rotatable bonds is 20. The van der Waals surface area contributed by atoms with Gasteiger partial charge in [0.1, 0.15) is 12.1 Å². The number of nitrogens with zero attached hydrogens (tertiary/aromatic N) is 3. The van der Waals surface area contributed by atoms with E-state index in [0.29, 0.717) is 31.8 Å². The Morgan fingerprint density at radius 1 is 1.16 bits per heavy atom. The van der Waals surface area contributed by atoms with Crippen molar-refractivity contribution in [3.8, 4) is 0 Å². The molecule has 1 saturated heterocycles. The highest BCUT2D eigenvalue weighted by atomic mass is 32.2. The summed E-state index contributed by atoms with van der Waals surface area (Å²) in [4.78, 5) is 57.9. The highest BCUT2D eigenvalue weighted by molar-refractivity contribution is 8.00. The molecule has 0 radical (unpaired) electrons. The molecule has 4 N–H and O–H groups in total. The first-order valence-electron chi connectivity index (χ1n) is 15.6. The monoisotopic (exact) mass is 643 g/mol. The van der Waals surface area contributed by atoms with Crippen LogP contribution in [0.15, 0.2) is 12.2 Å². The summed E-state index contributed by atoms with van der Waals surface area (Å²) < 4.78 is 10.9. The van der Waals surface area contributed by atoms with Crippen LogP contribution >= 0.6 is 11.8 Å². The van der Waals surface area contributed by atoms with Gasteiger partial charge in [0.05, 0.1) is 31.3 Å². The second-order valence-corrected chi connectivity index (χ2v) is 13.3. The second-order valence-electron chi connectivity index (χ2n) is 12.1. The standard InChI is InChI=1S/C31H57N5O7S/c1-9-11-13-22(3)25(37)20-26(38)33-23(10-2)28(40)35(7)30(44-19-12-14-36-15-17-43-18-16-36)29(41)34(6)24(27(32)39)21-31(4,5)42-8/h9,11,22-25,30,37H,10,12-21H2,1-8H3,(H2,32,39)(H,33,38)/b11-9+/t22-,23+,24+,25+,30-/m1/s1. The largest absolute Gasteiger partial charge is 0.392 e. The lowest BCUT2D eigenvalue weighted by atomic mass is 9.97. The van der Waals surface area contributed by atoms with Gasteiger partial charge in [-0.1, -0.05) is 26.0 Å². The van der Waals surface area contributed by atoms with E-state index in [1.807, 2.05) is 39.8 Å². The van der Waals surface area contributed by atoms with Crippen molar-refractivity contribution in [2.75, 3.05) is 59.8 Å². The Kier molecular flexibility index (Phi) is 18.1. The molecule has 1 aliphatic heterocycles. The van der Waals surface area contributed by atoms with Crippen LogP contribution < -0.4 is 11.1 Å². The number of primary amides is 1. The van der Waals surface area contributed by atoms with Crippen LogP contribution in [-0.4, -0.2) is 132 Å². The molecule has 0 aromatic rings. The SMILES string of the molecule is C/C=C/C[C@@H](C)[C@@H](O)CC(=O)N[C@@H](CC)C(=O)N(C)[C@H](SCCCN1CCOCC1)C(=O)N(C)[C@@H](CC(C)(C)OC)C(N)=O. The van der Waals surface area contributed by atoms with Gasteiger partial charge in [-0.2, -0.15) is 0 Å². The van der Waals surface area contributed by atoms with Gasteiger partial charge in [0.2, 0.25) is 17.7 Å². The minimum Gasteiger partial charge on any atom is -0.392 e. The molecule has 0 unspecified atom stereocenters. The van der Waals surface area contributed by atoms with E-state index in [4.69, 9.17) is 15.2 Å². The molecule has 0 aromatic heterocycles. The van der Waals surface area contributed by atoms with Gasteiger partial charge in [0.15, 0.2) is 5.37 Å². The Hall–Kier alpha value is -2.19. The molecule has 0 spiro atoms. The topological polar surface area (TPSA) is 155 Å². The number of nitrogens with one attached hydrogen (secondary N) is 1. The predicted molar refractivity (Wildman–Crippen MR) is 174 cm³/mol. The Labute approximate surface area is 268 Å². The van der Waals surface area contributed by atoms with Crippen molar-refractivity contribution in [1.82, 2.24) is 20.0 Å². The van der Waals surface area contributed by atoms with Gasteiger partial charge >= 0.3 is 0 Å². The Morgan fingerprint density at radius 2 is 1.80 bits per heavy atom. The zero-order valence-corrected chi connectivity index (χ0v) is 28.9. The fraction of sp³-hybridized carbons (Fsp3) is 0.806. The number of methoxy groups -OCH3 is 1. The molecular weight excluding hydrogens is 586 g/mol. The van der Waals surface area contributed by atoms with Crippen molar-refractivity contribution in [3.05, 3.63) is 12.2 Å². The van der Waals surface area contributed by atoms with Crippen LogP contribution in [0.4, 0.5) is 0 Å². The fourth-order valence-corrected chi connectivity index (χ4v) is 5.97. The third-order valence-corrected chi connectivity index (χ3v) is 9.48. The van der Waals surface area contributed by atoms with E-state index in [1.54, 1.807) is 6.92 Å². The molecule has 5 atom stereocenters. The molecule has 13 heteroatoms. The van der Waals surface area contributed by atoms with Gasteiger partial charge in [-0.05, 0) is 58.2 Å². The summed E-state index contributed by atoms with van der Waals surface area (Å²) in [6.45, 7) is 13.1. The summed E-state index contributed by atoms with van der Waals surface area (Å²) in [5.41, 5.74) is 5.01. The normalized spacial score (nSPS) is 17.8. The van der Waals surface area contributed by atoms with E-state index in [1.165, 1.54) is 42.8 Å². The maximum absolute atomic E-state index is 14.0. The number of allylic oxidation sites excluding steroid dienone is 2. The molecule has 0 bridgehead atoms. The van der Waals surface area contributed by atoms with Crippen LogP contribution in [0.25, 0.3) is 0 Å². The molecule has 1 heterocycles. The fourth-order valence-electron chi connectivity index (χ4n) is 4.81. The zero-order valence-electron chi connectivity index (χ0n) is 28.0. The van der Waals surface area contributed by atoms with Crippen LogP contribution in [0.1, 0.15) is 66.7 Å². The van der Waals surface area contributed by atoms with Crippen LogP contribution in [0.5, 0.6) is 0 Å². The van der Waals surface area contributed by atoms with Gasteiger partial charge in [-0.3, -0.25) is 24.1 Å². The summed E-state index contributed by atoms with van der Waals surface area (Å²) in [5.74, 6) is -1.52. The summed E-state index contributed by atoms with van der Waals surface area (Å²) in [5, 5.41) is 12.3. The van der Waals surface area contributed by atoms with Crippen molar-refractivity contribution < 1.29 is 33.8 Å². The number of ether oxygens (including phenoxy) is 2. The van der Waals surface area contributed by atoms with Gasteiger partial charge < -0.3 is 35.4 Å². The number of hydrogen-bond donors (Lipinski definition) is 3. The lowest BCUT2D eigenvalue weighted by molar-refractivity contribution is -0.146. The van der Waals surface area contributed by atoms with E-state index in [2.05, 4.69) is 10.2 Å². The third-order valence-electron chi connectivity index (χ3n) is 8.13. The average Bonchev–Trinajstić information content (AvgIpc) is 3.00. The highest BCUT2D eigenvalue weighted by Crippen LogP contribution is 2.24. The molecule has 12 nitrogen and oxygen atoms in total. The van der Waals surface area contributed by atoms with E-state index < -0.39 is 52.8 Å². The van der Waals surface area contributed by atoms with Crippen LogP contribution in [-0.2, 0) is 28.7 Å². The van der Waals surface area contributed by atoms with Crippen LogP contribution in [0, 0.1) is 5.92 Å². The minimum absolute atomic E-state index is 0.122. The van der Waals surface area contributed by atoms with Crippen molar-refractivity contribution in [1.29, 1.82) is 0 Å². The molecule has 44 heavy (non-hydrogen) atoms. The highest BCUT2D eigenvalue weighted by Gasteiger charge is 2.38. The summed E-state index contributed by atoms with van der Waals surface area (Å²) in [7, 11) is 4.58. The second kappa shape index (κ2) is 20.0. The molecule has 1 fully saturated rings. The molecule has 0 aromatic carbocycles. The van der Waals surface area contributed by atoms with Gasteiger partial charge in [-0.15, -0.1) is 11.8 Å². The maximum Gasteiger partial charge on any atom is 0.256 e. The van der Waals surface area contributed by atoms with E-state index >= 15 is 0 Å². The number of amides is 4. The van der Waals surface area contributed by atoms with Gasteiger partial charge in [0.25, 0.3) is 5.91 Å². The molecule has 254 valence electrons. The summed E-state index contributed by atoms with van der Waals surface area (Å²) in [6.07, 6.45) is 4.73. The Balaban J connectivity index is 3.10. The quantitative estimate of drug-likeness (QED) is 0.102. The number of carbonyl (C=O) groups excluding carboxylic acids is 4. The summed E-state index contributed by atoms with van der Waals surface area (Å²) in [6, 6.07) is -1.84. The first-order valence-corrected chi connectivity index (χ1v) is 16.6. The molecule has 0 saturated carbocycles. The number of aliphatic hydroxyl groups is 1. The lowest BCUT2D eigenvalue weighted by Crippen LogP contribution is -2.57. The number of aliphatic hydroxyl groups excluding tert-OH is 1. The number of likely N-dealkylation sites (N-methyl/N-ethyl adjacent to an activating group) is 2. The van der Waals surface area contributed by atoms with Crippen molar-refractivity contribution in [2.24, 2.45) is 11.7 Å². The van der Waals surface area contributed by atoms with E-state index in [0.717, 1.165) is 26.1 Å². The van der Waals surface area contributed by atoms with E-state index in [-0.39, 0.29) is 18.8 Å². The minimum atomic E-state index is -0.956. The van der Waals surface area contributed by atoms with E-state index in [9.17, 15) is 24.3 Å². The third kappa shape index (κ3) is 13.4. The van der Waals surface area contributed by atoms with Crippen molar-refractivity contribution >= 4 is 35.4 Å². The maximum atomic E-state index is 14.0. The molecule has 1 aliphatic rings. The predicted octanol–water partition coefficient (Wildman–Crippen LogP) is 1.60. The smallest absolute Gasteiger partial charge is 0.256 e. The molecule has 0 aliphatic carbocycles. The Morgan fingerprint density at radius 3 is 2.34 bits per heavy atom. The molecule has 1 rings (SSSR count). The molecular formula is C31H57N5O7S. The zero-order chi connectivity index (χ0) is 33.4. The van der Waals surface area contributed by atoms with Crippen molar-refractivity contribution in [2.45, 2.75) is 95.9 Å². The van der Waals surface area contributed by atoms with Gasteiger partial charge in [0, 0.05) is 40.7 Å². The van der Waals surface area contributed by atoms with Crippen LogP contribution in [0.2, 0.25) is 0 Å². The number of thioether (sulfide) groups is 1. The molecule has 4 amide bonds. The lowest BCUT2D eigenvalue weighted by Gasteiger charge is -2.37. The van der Waals surface area contributed by atoms with Crippen LogP contribution in [0.3, 0.4) is 0 Å². The average molecular weight is 644 g/mol. The Bertz CT molecular complexity index is 944. The first kappa shape index (κ1) is 39.8.